The van der Waals surface area contributed by atoms with Crippen LogP contribution in [0.5, 0.6) is 5.75 Å². The molecule has 0 atom stereocenters. The fourth-order valence-corrected chi connectivity index (χ4v) is 2.43. The first-order chi connectivity index (χ1) is 8.18. The molecular weight excluding hydrogens is 210 g/mol. The van der Waals surface area contributed by atoms with Gasteiger partial charge in [-0.3, -0.25) is 4.90 Å². The number of hydrogen-bond acceptors (Lipinski definition) is 2. The Bertz CT molecular complexity index is 381. The number of hydrogen-bond donors (Lipinski definition) is 0. The molecule has 0 saturated carbocycles. The Labute approximate surface area is 105 Å². The van der Waals surface area contributed by atoms with Gasteiger partial charge in [-0.1, -0.05) is 12.1 Å². The number of likely N-dealkylation sites (tertiary alicyclic amines) is 1. The van der Waals surface area contributed by atoms with E-state index in [0.717, 1.165) is 18.9 Å². The summed E-state index contributed by atoms with van der Waals surface area (Å²) in [4.78, 5) is 2.49. The molecule has 1 aliphatic rings. The third-order valence-electron chi connectivity index (χ3n) is 3.73. The molecule has 1 heterocycles. The molecule has 2 rings (SSSR count). The van der Waals surface area contributed by atoms with E-state index in [9.17, 15) is 0 Å². The van der Waals surface area contributed by atoms with Crippen molar-refractivity contribution in [1.82, 2.24) is 4.90 Å². The monoisotopic (exact) mass is 233 g/mol. The summed E-state index contributed by atoms with van der Waals surface area (Å²) in [6.07, 6.45) is 2.70. The minimum Gasteiger partial charge on any atom is -0.492 e. The fourth-order valence-electron chi connectivity index (χ4n) is 2.43. The van der Waals surface area contributed by atoms with Gasteiger partial charge in [-0.25, -0.2) is 0 Å². The zero-order chi connectivity index (χ0) is 12.3. The van der Waals surface area contributed by atoms with Crippen LogP contribution >= 0.6 is 0 Å². The summed E-state index contributed by atoms with van der Waals surface area (Å²) in [6.45, 7) is 10.8. The third-order valence-corrected chi connectivity index (χ3v) is 3.73. The van der Waals surface area contributed by atoms with Crippen LogP contribution in [0.2, 0.25) is 0 Å². The molecule has 1 saturated heterocycles. The molecule has 0 N–H and O–H groups in total. The summed E-state index contributed by atoms with van der Waals surface area (Å²) >= 11 is 0. The standard InChI is InChI=1S/C15H23NO/c1-12-6-7-13(2)15(14(12)3)17-11-10-16-8-4-5-9-16/h6-7H,4-5,8-11H2,1-3H3. The molecule has 0 spiro atoms. The number of nitrogens with zero attached hydrogens (tertiary/aromatic N) is 1. The second kappa shape index (κ2) is 5.54. The van der Waals surface area contributed by atoms with Gasteiger partial charge < -0.3 is 4.74 Å². The van der Waals surface area contributed by atoms with Crippen LogP contribution in [0, 0.1) is 20.8 Å². The van der Waals surface area contributed by atoms with Crippen LogP contribution in [0.3, 0.4) is 0 Å². The van der Waals surface area contributed by atoms with Crippen molar-refractivity contribution < 1.29 is 4.74 Å². The Hall–Kier alpha value is -1.02. The van der Waals surface area contributed by atoms with Crippen molar-refractivity contribution in [3.63, 3.8) is 0 Å². The molecule has 1 fully saturated rings. The predicted octanol–water partition coefficient (Wildman–Crippen LogP) is 3.09. The van der Waals surface area contributed by atoms with Crippen LogP contribution in [0.25, 0.3) is 0 Å². The summed E-state index contributed by atoms with van der Waals surface area (Å²) < 4.78 is 5.97. The van der Waals surface area contributed by atoms with Gasteiger partial charge in [0.2, 0.25) is 0 Å². The minimum atomic E-state index is 0.811. The van der Waals surface area contributed by atoms with Crippen LogP contribution in [0.15, 0.2) is 12.1 Å². The van der Waals surface area contributed by atoms with Crippen molar-refractivity contribution in [2.24, 2.45) is 0 Å². The molecular formula is C15H23NO. The zero-order valence-corrected chi connectivity index (χ0v) is 11.3. The van der Waals surface area contributed by atoms with Gasteiger partial charge in [0.05, 0.1) is 0 Å². The van der Waals surface area contributed by atoms with Gasteiger partial charge in [-0.05, 0) is 63.4 Å². The first-order valence-corrected chi connectivity index (χ1v) is 6.60. The predicted molar refractivity (Wildman–Crippen MR) is 71.8 cm³/mol. The molecule has 1 aromatic rings. The SMILES string of the molecule is Cc1ccc(C)c(OCCN2CCCC2)c1C. The molecule has 1 aromatic carbocycles. The zero-order valence-electron chi connectivity index (χ0n) is 11.3. The maximum Gasteiger partial charge on any atom is 0.125 e. The lowest BCUT2D eigenvalue weighted by atomic mass is 10.1. The van der Waals surface area contributed by atoms with Gasteiger partial charge >= 0.3 is 0 Å². The highest BCUT2D eigenvalue weighted by molar-refractivity contribution is 5.44. The van der Waals surface area contributed by atoms with Crippen molar-refractivity contribution in [1.29, 1.82) is 0 Å². The summed E-state index contributed by atoms with van der Waals surface area (Å²) in [7, 11) is 0. The third kappa shape index (κ3) is 3.01. The summed E-state index contributed by atoms with van der Waals surface area (Å²) in [5.41, 5.74) is 3.84. The van der Waals surface area contributed by atoms with Gasteiger partial charge in [0.15, 0.2) is 0 Å². The highest BCUT2D eigenvalue weighted by atomic mass is 16.5. The summed E-state index contributed by atoms with van der Waals surface area (Å²) in [5.74, 6) is 1.09. The Morgan fingerprint density at radius 1 is 1.06 bits per heavy atom. The highest BCUT2D eigenvalue weighted by Gasteiger charge is 2.12. The molecule has 0 aromatic heterocycles. The summed E-state index contributed by atoms with van der Waals surface area (Å²) in [5, 5.41) is 0. The van der Waals surface area contributed by atoms with E-state index >= 15 is 0 Å². The van der Waals surface area contributed by atoms with Crippen molar-refractivity contribution in [2.45, 2.75) is 33.6 Å². The lowest BCUT2D eigenvalue weighted by Gasteiger charge is -2.17. The van der Waals surface area contributed by atoms with Crippen LogP contribution in [0.4, 0.5) is 0 Å². The van der Waals surface area contributed by atoms with E-state index < -0.39 is 0 Å². The Kier molecular flexibility index (Phi) is 4.06. The average molecular weight is 233 g/mol. The average Bonchev–Trinajstić information content (AvgIpc) is 2.81. The normalized spacial score (nSPS) is 16.4. The largest absolute Gasteiger partial charge is 0.492 e. The maximum absolute atomic E-state index is 5.97. The Morgan fingerprint density at radius 2 is 1.71 bits per heavy atom. The molecule has 17 heavy (non-hydrogen) atoms. The molecule has 0 amide bonds. The van der Waals surface area contributed by atoms with Gasteiger partial charge in [0.25, 0.3) is 0 Å². The topological polar surface area (TPSA) is 12.5 Å². The quantitative estimate of drug-likeness (QED) is 0.792. The minimum absolute atomic E-state index is 0.811. The second-order valence-corrected chi connectivity index (χ2v) is 5.05. The molecule has 0 bridgehead atoms. The maximum atomic E-state index is 5.97. The number of benzene rings is 1. The van der Waals surface area contributed by atoms with E-state index in [0.29, 0.717) is 0 Å². The van der Waals surface area contributed by atoms with Crippen LogP contribution < -0.4 is 4.74 Å². The van der Waals surface area contributed by atoms with Gasteiger partial charge in [-0.15, -0.1) is 0 Å². The second-order valence-electron chi connectivity index (χ2n) is 5.05. The van der Waals surface area contributed by atoms with E-state index in [-0.39, 0.29) is 0 Å². The van der Waals surface area contributed by atoms with Crippen LogP contribution in [-0.2, 0) is 0 Å². The van der Waals surface area contributed by atoms with E-state index in [4.69, 9.17) is 4.74 Å². The molecule has 2 nitrogen and oxygen atoms in total. The van der Waals surface area contributed by atoms with Crippen LogP contribution in [0.1, 0.15) is 29.5 Å². The molecule has 0 aliphatic carbocycles. The van der Waals surface area contributed by atoms with E-state index in [2.05, 4.69) is 37.8 Å². The number of aryl methyl sites for hydroxylation is 2. The van der Waals surface area contributed by atoms with Gasteiger partial charge in [0, 0.05) is 6.54 Å². The number of rotatable bonds is 4. The molecule has 0 radical (unpaired) electrons. The van der Waals surface area contributed by atoms with Crippen LogP contribution in [-0.4, -0.2) is 31.1 Å². The Balaban J connectivity index is 1.91. The smallest absolute Gasteiger partial charge is 0.125 e. The Morgan fingerprint density at radius 3 is 2.41 bits per heavy atom. The van der Waals surface area contributed by atoms with E-state index in [1.807, 2.05) is 0 Å². The first-order valence-electron chi connectivity index (χ1n) is 6.60. The first kappa shape index (κ1) is 12.4. The lowest BCUT2D eigenvalue weighted by molar-refractivity contribution is 0.236. The molecule has 0 unspecified atom stereocenters. The van der Waals surface area contributed by atoms with E-state index in [1.54, 1.807) is 0 Å². The summed E-state index contributed by atoms with van der Waals surface area (Å²) in [6, 6.07) is 4.31. The number of ether oxygens (including phenoxy) is 1. The van der Waals surface area contributed by atoms with Crippen molar-refractivity contribution in [3.8, 4) is 5.75 Å². The van der Waals surface area contributed by atoms with E-state index in [1.165, 1.54) is 42.6 Å². The lowest BCUT2D eigenvalue weighted by Crippen LogP contribution is -2.25. The van der Waals surface area contributed by atoms with Crippen molar-refractivity contribution >= 4 is 0 Å². The van der Waals surface area contributed by atoms with Gasteiger partial charge in [0.1, 0.15) is 12.4 Å². The van der Waals surface area contributed by atoms with Crippen molar-refractivity contribution in [2.75, 3.05) is 26.2 Å². The van der Waals surface area contributed by atoms with Crippen molar-refractivity contribution in [3.05, 3.63) is 28.8 Å². The van der Waals surface area contributed by atoms with Gasteiger partial charge in [-0.2, -0.15) is 0 Å². The fraction of sp³-hybridized carbons (Fsp3) is 0.600. The molecule has 1 aliphatic heterocycles. The highest BCUT2D eigenvalue weighted by Crippen LogP contribution is 2.25. The molecule has 94 valence electrons. The molecule has 2 heteroatoms.